The summed E-state index contributed by atoms with van der Waals surface area (Å²) >= 11 is 0. The van der Waals surface area contributed by atoms with E-state index in [1.165, 1.54) is 24.3 Å². The molecule has 116 valence electrons. The first kappa shape index (κ1) is 16.0. The van der Waals surface area contributed by atoms with Crippen molar-refractivity contribution in [1.29, 1.82) is 0 Å². The lowest BCUT2D eigenvalue weighted by molar-refractivity contribution is -0.122. The van der Waals surface area contributed by atoms with Crippen molar-refractivity contribution >= 4 is 5.91 Å². The number of hydrogen-bond donors (Lipinski definition) is 2. The zero-order valence-electron chi connectivity index (χ0n) is 12.0. The third kappa shape index (κ3) is 4.86. The highest BCUT2D eigenvalue weighted by Crippen LogP contribution is 2.13. The summed E-state index contributed by atoms with van der Waals surface area (Å²) in [6, 6.07) is 14.4. The van der Waals surface area contributed by atoms with E-state index in [-0.39, 0.29) is 31.4 Å². The third-order valence-corrected chi connectivity index (χ3v) is 3.13. The maximum atomic E-state index is 12.7. The van der Waals surface area contributed by atoms with Crippen molar-refractivity contribution in [2.45, 2.75) is 12.5 Å². The fourth-order valence-electron chi connectivity index (χ4n) is 1.98. The van der Waals surface area contributed by atoms with Crippen LogP contribution in [0.1, 0.15) is 18.0 Å². The maximum Gasteiger partial charge on any atom is 0.223 e. The van der Waals surface area contributed by atoms with Crippen molar-refractivity contribution in [1.82, 2.24) is 5.32 Å². The monoisotopic (exact) mass is 303 g/mol. The van der Waals surface area contributed by atoms with Gasteiger partial charge in [-0.05, 0) is 29.8 Å². The molecule has 2 aromatic rings. The normalized spacial score (nSPS) is 11.7. The van der Waals surface area contributed by atoms with Crippen LogP contribution in [0, 0.1) is 5.82 Å². The number of nitrogens with one attached hydrogen (secondary N) is 1. The van der Waals surface area contributed by atoms with E-state index in [4.69, 9.17) is 4.74 Å². The van der Waals surface area contributed by atoms with Gasteiger partial charge in [-0.25, -0.2) is 4.39 Å². The van der Waals surface area contributed by atoms with Gasteiger partial charge in [0, 0.05) is 0 Å². The first-order chi connectivity index (χ1) is 10.7. The molecule has 0 aromatic heterocycles. The average Bonchev–Trinajstić information content (AvgIpc) is 2.55. The number of aliphatic hydroxyl groups is 1. The van der Waals surface area contributed by atoms with Gasteiger partial charge in [0.05, 0.1) is 25.7 Å². The summed E-state index contributed by atoms with van der Waals surface area (Å²) < 4.78 is 18.1. The van der Waals surface area contributed by atoms with Gasteiger partial charge in [-0.15, -0.1) is 0 Å². The fourth-order valence-corrected chi connectivity index (χ4v) is 1.98. The van der Waals surface area contributed by atoms with Crippen LogP contribution >= 0.6 is 0 Å². The Morgan fingerprint density at radius 1 is 1.14 bits per heavy atom. The van der Waals surface area contributed by atoms with Crippen molar-refractivity contribution in [3.05, 3.63) is 66.0 Å². The van der Waals surface area contributed by atoms with Crippen molar-refractivity contribution < 1.29 is 19.0 Å². The summed E-state index contributed by atoms with van der Waals surface area (Å²) in [4.78, 5) is 11.9. The highest BCUT2D eigenvalue weighted by molar-refractivity contribution is 5.76. The van der Waals surface area contributed by atoms with Crippen molar-refractivity contribution in [3.63, 3.8) is 0 Å². The van der Waals surface area contributed by atoms with Gasteiger partial charge in [-0.3, -0.25) is 4.79 Å². The van der Waals surface area contributed by atoms with Gasteiger partial charge in [0.25, 0.3) is 0 Å². The number of carbonyl (C=O) groups excluding carboxylic acids is 1. The van der Waals surface area contributed by atoms with E-state index in [2.05, 4.69) is 5.32 Å². The molecule has 0 spiro atoms. The van der Waals surface area contributed by atoms with Crippen LogP contribution in [0.25, 0.3) is 0 Å². The molecule has 2 rings (SSSR count). The molecule has 0 aliphatic heterocycles. The molecule has 1 atom stereocenters. The number of rotatable bonds is 7. The largest absolute Gasteiger partial charge is 0.493 e. The molecule has 2 N–H and O–H groups in total. The first-order valence-electron chi connectivity index (χ1n) is 7.02. The molecule has 0 aliphatic rings. The quantitative estimate of drug-likeness (QED) is 0.826. The summed E-state index contributed by atoms with van der Waals surface area (Å²) in [6.45, 7) is 0.0129. The number of benzene rings is 2. The topological polar surface area (TPSA) is 58.6 Å². The van der Waals surface area contributed by atoms with E-state index < -0.39 is 6.04 Å². The molecule has 1 amide bonds. The van der Waals surface area contributed by atoms with E-state index in [9.17, 15) is 14.3 Å². The number of hydrogen-bond acceptors (Lipinski definition) is 3. The second-order valence-electron chi connectivity index (χ2n) is 4.77. The minimum atomic E-state index is -0.431. The molecule has 0 radical (unpaired) electrons. The SMILES string of the molecule is O=C(CCOc1ccc(F)cc1)NC(CO)c1ccccc1. The van der Waals surface area contributed by atoms with Gasteiger partial charge in [0.1, 0.15) is 11.6 Å². The van der Waals surface area contributed by atoms with Gasteiger partial charge < -0.3 is 15.2 Å². The molecule has 1 unspecified atom stereocenters. The van der Waals surface area contributed by atoms with E-state index >= 15 is 0 Å². The van der Waals surface area contributed by atoms with Crippen molar-refractivity contribution in [3.8, 4) is 5.75 Å². The smallest absolute Gasteiger partial charge is 0.223 e. The second kappa shape index (κ2) is 8.14. The lowest BCUT2D eigenvalue weighted by Crippen LogP contribution is -2.31. The minimum Gasteiger partial charge on any atom is -0.493 e. The Kier molecular flexibility index (Phi) is 5.91. The Hall–Kier alpha value is -2.40. The highest BCUT2D eigenvalue weighted by atomic mass is 19.1. The summed E-state index contributed by atoms with van der Waals surface area (Å²) in [5.41, 5.74) is 0.845. The van der Waals surface area contributed by atoms with Crippen LogP contribution in [0.15, 0.2) is 54.6 Å². The fraction of sp³-hybridized carbons (Fsp3) is 0.235. The van der Waals surface area contributed by atoms with Crippen molar-refractivity contribution in [2.75, 3.05) is 13.2 Å². The maximum absolute atomic E-state index is 12.7. The molecule has 0 aliphatic carbocycles. The zero-order chi connectivity index (χ0) is 15.8. The Morgan fingerprint density at radius 2 is 1.82 bits per heavy atom. The van der Waals surface area contributed by atoms with Crippen LogP contribution < -0.4 is 10.1 Å². The Bertz CT molecular complexity index is 587. The van der Waals surface area contributed by atoms with E-state index in [0.717, 1.165) is 5.56 Å². The summed E-state index contributed by atoms with van der Waals surface area (Å²) in [7, 11) is 0. The number of ether oxygens (including phenoxy) is 1. The Morgan fingerprint density at radius 3 is 2.45 bits per heavy atom. The van der Waals surface area contributed by atoms with Crippen LogP contribution in [0.3, 0.4) is 0 Å². The van der Waals surface area contributed by atoms with Gasteiger partial charge in [0.2, 0.25) is 5.91 Å². The standard InChI is InChI=1S/C17H18FNO3/c18-14-6-8-15(9-7-14)22-11-10-17(21)19-16(12-20)13-4-2-1-3-5-13/h1-9,16,20H,10-12H2,(H,19,21). The molecule has 0 bridgehead atoms. The van der Waals surface area contributed by atoms with Gasteiger partial charge in [-0.2, -0.15) is 0 Å². The lowest BCUT2D eigenvalue weighted by Gasteiger charge is -2.16. The highest BCUT2D eigenvalue weighted by Gasteiger charge is 2.13. The molecule has 4 nitrogen and oxygen atoms in total. The van der Waals surface area contributed by atoms with E-state index in [1.54, 1.807) is 0 Å². The molecule has 0 saturated heterocycles. The summed E-state index contributed by atoms with van der Waals surface area (Å²) in [5.74, 6) is -0.0419. The summed E-state index contributed by atoms with van der Waals surface area (Å²) in [5, 5.41) is 12.1. The Labute approximate surface area is 128 Å². The molecular weight excluding hydrogens is 285 g/mol. The minimum absolute atomic E-state index is 0.153. The molecule has 0 fully saturated rings. The van der Waals surface area contributed by atoms with Gasteiger partial charge in [-0.1, -0.05) is 30.3 Å². The van der Waals surface area contributed by atoms with Crippen LogP contribution in [-0.2, 0) is 4.79 Å². The molecule has 5 heteroatoms. The molecular formula is C17H18FNO3. The second-order valence-corrected chi connectivity index (χ2v) is 4.77. The Balaban J connectivity index is 1.78. The average molecular weight is 303 g/mol. The number of amides is 1. The number of halogens is 1. The summed E-state index contributed by atoms with van der Waals surface area (Å²) in [6.07, 6.45) is 0.153. The lowest BCUT2D eigenvalue weighted by atomic mass is 10.1. The van der Waals surface area contributed by atoms with Gasteiger partial charge >= 0.3 is 0 Å². The van der Waals surface area contributed by atoms with Crippen molar-refractivity contribution in [2.24, 2.45) is 0 Å². The predicted molar refractivity (Wildman–Crippen MR) is 80.9 cm³/mol. The van der Waals surface area contributed by atoms with Crippen LogP contribution in [0.5, 0.6) is 5.75 Å². The van der Waals surface area contributed by atoms with Crippen LogP contribution in [0.4, 0.5) is 4.39 Å². The molecule has 22 heavy (non-hydrogen) atoms. The molecule has 0 saturated carbocycles. The van der Waals surface area contributed by atoms with Crippen LogP contribution in [0.2, 0.25) is 0 Å². The van der Waals surface area contributed by atoms with Crippen LogP contribution in [-0.4, -0.2) is 24.2 Å². The number of carbonyl (C=O) groups is 1. The van der Waals surface area contributed by atoms with E-state index in [1.807, 2.05) is 30.3 Å². The zero-order valence-corrected chi connectivity index (χ0v) is 12.0. The molecule has 2 aromatic carbocycles. The van der Waals surface area contributed by atoms with Gasteiger partial charge in [0.15, 0.2) is 0 Å². The van der Waals surface area contributed by atoms with E-state index in [0.29, 0.717) is 5.75 Å². The predicted octanol–water partition coefficient (Wildman–Crippen LogP) is 2.44. The first-order valence-corrected chi connectivity index (χ1v) is 7.02. The number of aliphatic hydroxyl groups excluding tert-OH is 1. The molecule has 0 heterocycles. The third-order valence-electron chi connectivity index (χ3n) is 3.13.